The minimum Gasteiger partial charge on any atom is -0.315 e. The molecule has 2 aromatic carbocycles. The molecule has 114 valence electrons. The predicted octanol–water partition coefficient (Wildman–Crippen LogP) is 4.60. The Hall–Kier alpha value is -1.60. The van der Waals surface area contributed by atoms with Crippen LogP contribution in [-0.4, -0.2) is 12.6 Å². The van der Waals surface area contributed by atoms with Crippen molar-refractivity contribution in [2.24, 2.45) is 0 Å². The first-order chi connectivity index (χ1) is 10.7. The predicted molar refractivity (Wildman–Crippen MR) is 92.5 cm³/mol. The van der Waals surface area contributed by atoms with Crippen molar-refractivity contribution in [2.45, 2.75) is 50.5 Å². The Kier molecular flexibility index (Phi) is 3.34. The van der Waals surface area contributed by atoms with E-state index >= 15 is 0 Å². The number of nitrogens with one attached hydrogen (secondary N) is 1. The van der Waals surface area contributed by atoms with Gasteiger partial charge >= 0.3 is 0 Å². The zero-order valence-corrected chi connectivity index (χ0v) is 13.6. The van der Waals surface area contributed by atoms with Crippen molar-refractivity contribution < 1.29 is 0 Å². The summed E-state index contributed by atoms with van der Waals surface area (Å²) in [6, 6.07) is 18.9. The molecule has 0 aromatic heterocycles. The van der Waals surface area contributed by atoms with E-state index in [1.54, 1.807) is 22.3 Å². The summed E-state index contributed by atoms with van der Waals surface area (Å²) in [7, 11) is 0. The van der Waals surface area contributed by atoms with Crippen molar-refractivity contribution in [1.29, 1.82) is 0 Å². The lowest BCUT2D eigenvalue weighted by atomic mass is 9.72. The lowest BCUT2D eigenvalue weighted by Crippen LogP contribution is -2.28. The summed E-state index contributed by atoms with van der Waals surface area (Å²) in [5.74, 6) is 0.630. The molecule has 0 amide bonds. The van der Waals surface area contributed by atoms with Crippen molar-refractivity contribution in [2.75, 3.05) is 6.54 Å². The lowest BCUT2D eigenvalue weighted by Gasteiger charge is -2.31. The first kappa shape index (κ1) is 14.0. The molecule has 0 unspecified atom stereocenters. The van der Waals surface area contributed by atoms with E-state index in [1.165, 1.54) is 19.3 Å². The van der Waals surface area contributed by atoms with Gasteiger partial charge in [-0.15, -0.1) is 0 Å². The largest absolute Gasteiger partial charge is 0.315 e. The quantitative estimate of drug-likeness (QED) is 0.794. The lowest BCUT2D eigenvalue weighted by molar-refractivity contribution is 0.448. The average molecular weight is 291 g/mol. The number of benzene rings is 2. The van der Waals surface area contributed by atoms with E-state index in [0.29, 0.717) is 12.0 Å². The van der Waals surface area contributed by atoms with E-state index in [-0.39, 0.29) is 5.41 Å². The van der Waals surface area contributed by atoms with Gasteiger partial charge in [-0.3, -0.25) is 0 Å². The summed E-state index contributed by atoms with van der Waals surface area (Å²) in [6.07, 6.45) is 3.79. The highest BCUT2D eigenvalue weighted by Crippen LogP contribution is 2.61. The molecule has 0 spiro atoms. The summed E-state index contributed by atoms with van der Waals surface area (Å²) >= 11 is 0. The number of hydrogen-bond acceptors (Lipinski definition) is 1. The maximum absolute atomic E-state index is 3.57. The van der Waals surface area contributed by atoms with Gasteiger partial charge in [-0.1, -0.05) is 62.4 Å². The fraction of sp³-hybridized carbons (Fsp3) is 0.429. The second kappa shape index (κ2) is 5.24. The van der Waals surface area contributed by atoms with Crippen LogP contribution in [0, 0.1) is 0 Å². The summed E-state index contributed by atoms with van der Waals surface area (Å²) in [5, 5.41) is 3.57. The first-order valence-corrected chi connectivity index (χ1v) is 8.64. The second-order valence-electron chi connectivity index (χ2n) is 7.23. The molecule has 0 heterocycles. The third-order valence-corrected chi connectivity index (χ3v) is 5.59. The smallest absolute Gasteiger partial charge is 0.0218 e. The maximum atomic E-state index is 3.57. The van der Waals surface area contributed by atoms with Gasteiger partial charge in [0.1, 0.15) is 0 Å². The highest BCUT2D eigenvalue weighted by atomic mass is 14.9. The maximum Gasteiger partial charge on any atom is 0.0218 e. The molecule has 1 N–H and O–H groups in total. The molecule has 0 saturated carbocycles. The Morgan fingerprint density at radius 1 is 1.00 bits per heavy atom. The normalized spacial score (nSPS) is 24.6. The van der Waals surface area contributed by atoms with Crippen LogP contribution in [0.15, 0.2) is 48.5 Å². The molecule has 4 rings (SSSR count). The SMILES string of the molecule is CC(C)NCCCC12CC(c3ccccc31)c1ccccc12. The number of hydrogen-bond donors (Lipinski definition) is 1. The summed E-state index contributed by atoms with van der Waals surface area (Å²) in [6.45, 7) is 5.57. The summed E-state index contributed by atoms with van der Waals surface area (Å²) in [4.78, 5) is 0. The zero-order valence-electron chi connectivity index (χ0n) is 13.6. The number of fused-ring (bicyclic) bond motifs is 8. The van der Waals surface area contributed by atoms with Gasteiger partial charge in [0.15, 0.2) is 0 Å². The molecule has 1 heteroatoms. The van der Waals surface area contributed by atoms with Crippen LogP contribution < -0.4 is 5.32 Å². The zero-order chi connectivity index (χ0) is 15.2. The molecular weight excluding hydrogens is 266 g/mol. The van der Waals surface area contributed by atoms with Gasteiger partial charge in [0.05, 0.1) is 0 Å². The molecule has 2 bridgehead atoms. The summed E-state index contributed by atoms with van der Waals surface area (Å²) in [5.41, 5.74) is 6.64. The van der Waals surface area contributed by atoms with E-state index in [9.17, 15) is 0 Å². The van der Waals surface area contributed by atoms with Crippen molar-refractivity contribution in [1.82, 2.24) is 5.32 Å². The van der Waals surface area contributed by atoms with Crippen LogP contribution in [0.2, 0.25) is 0 Å². The van der Waals surface area contributed by atoms with Gasteiger partial charge in [0.2, 0.25) is 0 Å². The fourth-order valence-corrected chi connectivity index (χ4v) is 4.73. The summed E-state index contributed by atoms with van der Waals surface area (Å²) < 4.78 is 0. The molecule has 1 nitrogen and oxygen atoms in total. The van der Waals surface area contributed by atoms with Gasteiger partial charge in [0.25, 0.3) is 0 Å². The Bertz CT molecular complexity index is 638. The Labute approximate surface area is 133 Å². The van der Waals surface area contributed by atoms with E-state index < -0.39 is 0 Å². The minimum atomic E-state index is 0.274. The average Bonchev–Trinajstić information content (AvgIpc) is 3.04. The van der Waals surface area contributed by atoms with Gasteiger partial charge in [-0.05, 0) is 48.1 Å². The fourth-order valence-electron chi connectivity index (χ4n) is 4.73. The van der Waals surface area contributed by atoms with Gasteiger partial charge in [-0.2, -0.15) is 0 Å². The van der Waals surface area contributed by atoms with Crippen LogP contribution in [0.1, 0.15) is 61.3 Å². The third-order valence-electron chi connectivity index (χ3n) is 5.59. The Morgan fingerprint density at radius 3 is 2.18 bits per heavy atom. The van der Waals surface area contributed by atoms with Crippen molar-refractivity contribution in [3.05, 3.63) is 70.8 Å². The van der Waals surface area contributed by atoms with Gasteiger partial charge in [0, 0.05) is 17.4 Å². The monoisotopic (exact) mass is 291 g/mol. The Balaban J connectivity index is 1.69. The number of rotatable bonds is 5. The molecule has 0 aliphatic heterocycles. The highest BCUT2D eigenvalue weighted by Gasteiger charge is 2.51. The van der Waals surface area contributed by atoms with Gasteiger partial charge < -0.3 is 5.32 Å². The van der Waals surface area contributed by atoms with Crippen LogP contribution >= 0.6 is 0 Å². The van der Waals surface area contributed by atoms with E-state index in [4.69, 9.17) is 0 Å². The van der Waals surface area contributed by atoms with Crippen LogP contribution in [0.5, 0.6) is 0 Å². The molecule has 22 heavy (non-hydrogen) atoms. The van der Waals surface area contributed by atoms with E-state index in [2.05, 4.69) is 67.7 Å². The molecule has 2 aromatic rings. The van der Waals surface area contributed by atoms with Crippen LogP contribution in [0.4, 0.5) is 0 Å². The van der Waals surface area contributed by atoms with Crippen LogP contribution in [-0.2, 0) is 5.41 Å². The molecular formula is C21H25N. The van der Waals surface area contributed by atoms with Crippen molar-refractivity contribution in [3.63, 3.8) is 0 Å². The first-order valence-electron chi connectivity index (χ1n) is 8.64. The molecule has 2 aliphatic rings. The van der Waals surface area contributed by atoms with Gasteiger partial charge in [-0.25, -0.2) is 0 Å². The highest BCUT2D eigenvalue weighted by molar-refractivity contribution is 5.62. The Morgan fingerprint density at radius 2 is 1.59 bits per heavy atom. The van der Waals surface area contributed by atoms with Crippen molar-refractivity contribution >= 4 is 0 Å². The standard InChI is InChI=1S/C21H25N/c1-15(2)22-13-7-12-21-14-18(16-8-3-5-10-19(16)21)17-9-4-6-11-20(17)21/h3-6,8-11,15,18,22H,7,12-14H2,1-2H3. The van der Waals surface area contributed by atoms with Crippen LogP contribution in [0.25, 0.3) is 0 Å². The molecule has 0 atom stereocenters. The van der Waals surface area contributed by atoms with Crippen molar-refractivity contribution in [3.8, 4) is 0 Å². The van der Waals surface area contributed by atoms with E-state index in [0.717, 1.165) is 6.54 Å². The molecule has 0 saturated heterocycles. The molecule has 2 aliphatic carbocycles. The topological polar surface area (TPSA) is 12.0 Å². The molecule has 0 fully saturated rings. The third kappa shape index (κ3) is 1.95. The van der Waals surface area contributed by atoms with E-state index in [1.807, 2.05) is 0 Å². The second-order valence-corrected chi connectivity index (χ2v) is 7.23. The van der Waals surface area contributed by atoms with Crippen LogP contribution in [0.3, 0.4) is 0 Å². The minimum absolute atomic E-state index is 0.274. The molecule has 0 radical (unpaired) electrons.